The highest BCUT2D eigenvalue weighted by Crippen LogP contribution is 2.36. The molecule has 0 aliphatic carbocycles. The van der Waals surface area contributed by atoms with E-state index in [9.17, 15) is 5.11 Å². The van der Waals surface area contributed by atoms with E-state index < -0.39 is 6.10 Å². The number of pyridine rings is 1. The Morgan fingerprint density at radius 3 is 2.75 bits per heavy atom. The van der Waals surface area contributed by atoms with Crippen molar-refractivity contribution >= 4 is 0 Å². The van der Waals surface area contributed by atoms with Crippen LogP contribution in [0.5, 0.6) is 23.0 Å². The minimum atomic E-state index is -0.533. The first-order valence-corrected chi connectivity index (χ1v) is 6.48. The van der Waals surface area contributed by atoms with Crippen molar-refractivity contribution in [3.05, 3.63) is 42.2 Å². The number of ether oxygens (including phenoxy) is 3. The third kappa shape index (κ3) is 2.53. The number of aromatic nitrogens is 1. The number of nitrogens with zero attached hydrogens (tertiary/aromatic N) is 1. The monoisotopic (exact) mass is 273 g/mol. The lowest BCUT2D eigenvalue weighted by Crippen LogP contribution is -1.98. The van der Waals surface area contributed by atoms with Crippen LogP contribution in [-0.2, 0) is 0 Å². The minimum Gasteiger partial charge on any atom is -0.456 e. The zero-order valence-corrected chi connectivity index (χ0v) is 11.1. The molecule has 2 heterocycles. The summed E-state index contributed by atoms with van der Waals surface area (Å²) in [6, 6.07) is 8.93. The van der Waals surface area contributed by atoms with Crippen molar-refractivity contribution < 1.29 is 19.3 Å². The largest absolute Gasteiger partial charge is 0.456 e. The van der Waals surface area contributed by atoms with Crippen LogP contribution in [0.3, 0.4) is 0 Å². The summed E-state index contributed by atoms with van der Waals surface area (Å²) in [7, 11) is 0. The molecule has 0 fully saturated rings. The molecule has 0 amide bonds. The van der Waals surface area contributed by atoms with Gasteiger partial charge in [-0.2, -0.15) is 0 Å². The van der Waals surface area contributed by atoms with Crippen molar-refractivity contribution in [2.24, 2.45) is 0 Å². The summed E-state index contributed by atoms with van der Waals surface area (Å²) in [5.74, 6) is 2.65. The smallest absolute Gasteiger partial charge is 0.231 e. The number of rotatable bonds is 4. The first-order chi connectivity index (χ1) is 9.76. The summed E-state index contributed by atoms with van der Waals surface area (Å²) >= 11 is 0. The molecule has 0 radical (unpaired) electrons. The Labute approximate surface area is 116 Å². The maximum atomic E-state index is 9.68. The molecule has 0 unspecified atom stereocenters. The Morgan fingerprint density at radius 2 is 2.00 bits per heavy atom. The average molecular weight is 273 g/mol. The van der Waals surface area contributed by atoms with Gasteiger partial charge in [-0.05, 0) is 30.7 Å². The molecule has 5 heteroatoms. The van der Waals surface area contributed by atoms with Crippen LogP contribution in [0, 0.1) is 0 Å². The van der Waals surface area contributed by atoms with Crippen LogP contribution in [0.4, 0.5) is 0 Å². The van der Waals surface area contributed by atoms with Crippen LogP contribution in [0.1, 0.15) is 25.1 Å². The molecule has 2 aromatic rings. The third-order valence-corrected chi connectivity index (χ3v) is 3.07. The Hall–Kier alpha value is -2.27. The van der Waals surface area contributed by atoms with Crippen molar-refractivity contribution in [2.45, 2.75) is 19.4 Å². The highest BCUT2D eigenvalue weighted by molar-refractivity contribution is 5.47. The van der Waals surface area contributed by atoms with Crippen LogP contribution >= 0.6 is 0 Å². The Balaban J connectivity index is 1.74. The van der Waals surface area contributed by atoms with E-state index >= 15 is 0 Å². The zero-order chi connectivity index (χ0) is 13.9. The van der Waals surface area contributed by atoms with Crippen LogP contribution < -0.4 is 14.2 Å². The van der Waals surface area contributed by atoms with Crippen LogP contribution in [0.15, 0.2) is 36.5 Å². The summed E-state index contributed by atoms with van der Waals surface area (Å²) in [4.78, 5) is 4.19. The second-order valence-corrected chi connectivity index (χ2v) is 4.46. The second kappa shape index (κ2) is 5.38. The lowest BCUT2D eigenvalue weighted by Gasteiger charge is -2.09. The maximum absolute atomic E-state index is 9.68. The molecule has 1 aliphatic rings. The SMILES string of the molecule is CC[C@@H](O)c1ccc(Oc2ccc3c(c2)OCO3)cn1. The summed E-state index contributed by atoms with van der Waals surface area (Å²) in [5.41, 5.74) is 0.644. The van der Waals surface area contributed by atoms with Crippen LogP contribution in [0.25, 0.3) is 0 Å². The predicted octanol–water partition coefficient (Wildman–Crippen LogP) is 3.05. The first-order valence-electron chi connectivity index (χ1n) is 6.48. The summed E-state index contributed by atoms with van der Waals surface area (Å²) < 4.78 is 16.2. The predicted molar refractivity (Wildman–Crippen MR) is 72.1 cm³/mol. The van der Waals surface area contributed by atoms with Crippen molar-refractivity contribution in [3.8, 4) is 23.0 Å². The normalized spacial score (nSPS) is 14.1. The molecular formula is C15H15NO4. The zero-order valence-electron chi connectivity index (χ0n) is 11.1. The molecular weight excluding hydrogens is 258 g/mol. The fourth-order valence-electron chi connectivity index (χ4n) is 1.93. The van der Waals surface area contributed by atoms with Gasteiger partial charge in [-0.1, -0.05) is 6.92 Å². The van der Waals surface area contributed by atoms with Gasteiger partial charge in [0.2, 0.25) is 6.79 Å². The minimum absolute atomic E-state index is 0.240. The van der Waals surface area contributed by atoms with Crippen molar-refractivity contribution in [1.29, 1.82) is 0 Å². The van der Waals surface area contributed by atoms with E-state index in [1.807, 2.05) is 13.0 Å². The van der Waals surface area contributed by atoms with Gasteiger partial charge in [-0.15, -0.1) is 0 Å². The molecule has 1 aromatic carbocycles. The van der Waals surface area contributed by atoms with Crippen LogP contribution in [0.2, 0.25) is 0 Å². The molecule has 104 valence electrons. The van der Waals surface area contributed by atoms with E-state index in [2.05, 4.69) is 4.98 Å². The number of benzene rings is 1. The maximum Gasteiger partial charge on any atom is 0.231 e. The van der Waals surface area contributed by atoms with E-state index in [1.165, 1.54) is 0 Å². The van der Waals surface area contributed by atoms with Gasteiger partial charge in [0.25, 0.3) is 0 Å². The topological polar surface area (TPSA) is 60.8 Å². The van der Waals surface area contributed by atoms with Gasteiger partial charge in [0.1, 0.15) is 11.5 Å². The fourth-order valence-corrected chi connectivity index (χ4v) is 1.93. The standard InChI is InChI=1S/C15H15NO4/c1-2-13(17)12-5-3-11(8-16-12)20-10-4-6-14-15(7-10)19-9-18-14/h3-8,13,17H,2,9H2,1H3/t13-/m1/s1. The first kappa shape index (κ1) is 12.7. The number of aliphatic hydroxyl groups is 1. The lowest BCUT2D eigenvalue weighted by atomic mass is 10.2. The Kier molecular flexibility index (Phi) is 3.43. The molecule has 0 saturated carbocycles. The van der Waals surface area contributed by atoms with Crippen LogP contribution in [-0.4, -0.2) is 16.9 Å². The molecule has 0 spiro atoms. The van der Waals surface area contributed by atoms with Gasteiger partial charge in [-0.25, -0.2) is 0 Å². The van der Waals surface area contributed by atoms with Crippen molar-refractivity contribution in [3.63, 3.8) is 0 Å². The Bertz CT molecular complexity index is 597. The quantitative estimate of drug-likeness (QED) is 0.927. The molecule has 0 bridgehead atoms. The summed E-state index contributed by atoms with van der Waals surface area (Å²) in [6.45, 7) is 2.15. The van der Waals surface area contributed by atoms with Crippen molar-refractivity contribution in [2.75, 3.05) is 6.79 Å². The highest BCUT2D eigenvalue weighted by atomic mass is 16.7. The average Bonchev–Trinajstić information content (AvgIpc) is 2.95. The van der Waals surface area contributed by atoms with E-state index in [-0.39, 0.29) is 6.79 Å². The van der Waals surface area contributed by atoms with Gasteiger partial charge in [0.15, 0.2) is 11.5 Å². The Morgan fingerprint density at radius 1 is 1.20 bits per heavy atom. The molecule has 1 aromatic heterocycles. The van der Waals surface area contributed by atoms with E-state index in [4.69, 9.17) is 14.2 Å². The van der Waals surface area contributed by atoms with E-state index in [0.29, 0.717) is 29.4 Å². The fraction of sp³-hybridized carbons (Fsp3) is 0.267. The lowest BCUT2D eigenvalue weighted by molar-refractivity contribution is 0.169. The molecule has 1 atom stereocenters. The highest BCUT2D eigenvalue weighted by Gasteiger charge is 2.14. The van der Waals surface area contributed by atoms with Gasteiger partial charge in [0, 0.05) is 6.07 Å². The van der Waals surface area contributed by atoms with Gasteiger partial charge in [0.05, 0.1) is 18.0 Å². The number of fused-ring (bicyclic) bond motifs is 1. The molecule has 20 heavy (non-hydrogen) atoms. The van der Waals surface area contributed by atoms with E-state index in [0.717, 1.165) is 5.75 Å². The third-order valence-electron chi connectivity index (χ3n) is 3.07. The van der Waals surface area contributed by atoms with Crippen molar-refractivity contribution in [1.82, 2.24) is 4.98 Å². The van der Waals surface area contributed by atoms with Gasteiger partial charge >= 0.3 is 0 Å². The molecule has 1 aliphatic heterocycles. The van der Waals surface area contributed by atoms with Gasteiger partial charge in [-0.3, -0.25) is 4.98 Å². The molecule has 1 N–H and O–H groups in total. The van der Waals surface area contributed by atoms with E-state index in [1.54, 1.807) is 30.5 Å². The number of hydrogen-bond donors (Lipinski definition) is 1. The van der Waals surface area contributed by atoms with Gasteiger partial charge < -0.3 is 19.3 Å². The molecule has 3 rings (SSSR count). The second-order valence-electron chi connectivity index (χ2n) is 4.46. The summed E-state index contributed by atoms with van der Waals surface area (Å²) in [6.07, 6.45) is 1.70. The molecule has 5 nitrogen and oxygen atoms in total. The number of hydrogen-bond acceptors (Lipinski definition) is 5. The number of aliphatic hydroxyl groups excluding tert-OH is 1. The molecule has 0 saturated heterocycles. The summed E-state index contributed by atoms with van der Waals surface area (Å²) in [5, 5.41) is 9.68.